The zero-order valence-corrected chi connectivity index (χ0v) is 12.4. The third kappa shape index (κ3) is 2.11. The second-order valence-corrected chi connectivity index (χ2v) is 5.84. The number of H-pyrrole nitrogens is 1. The van der Waals surface area contributed by atoms with Crippen LogP contribution in [0.25, 0.3) is 0 Å². The largest absolute Gasteiger partial charge is 0.351 e. The second kappa shape index (κ2) is 5.04. The Labute approximate surface area is 127 Å². The summed E-state index contributed by atoms with van der Waals surface area (Å²) in [4.78, 5) is 19.9. The van der Waals surface area contributed by atoms with Gasteiger partial charge in [-0.3, -0.25) is 9.89 Å². The third-order valence-corrected chi connectivity index (χ3v) is 4.48. The molecule has 0 saturated carbocycles. The molecular formula is C14H17N7O. The van der Waals surface area contributed by atoms with Crippen LogP contribution in [0.3, 0.4) is 0 Å². The first-order valence-electron chi connectivity index (χ1n) is 7.45. The molecule has 0 aromatic carbocycles. The van der Waals surface area contributed by atoms with Gasteiger partial charge in [0.05, 0.1) is 11.7 Å². The number of amides is 1. The molecule has 3 heterocycles. The summed E-state index contributed by atoms with van der Waals surface area (Å²) < 4.78 is 0. The van der Waals surface area contributed by atoms with E-state index in [2.05, 4.69) is 36.3 Å². The van der Waals surface area contributed by atoms with E-state index in [4.69, 9.17) is 0 Å². The SMILES string of the molecule is CN(C(=O)c1ncn[nH]1)C1CN(c2cc3c(nn2)CCC3)C1. The van der Waals surface area contributed by atoms with Crippen molar-refractivity contribution in [2.75, 3.05) is 25.0 Å². The van der Waals surface area contributed by atoms with Gasteiger partial charge in [0.25, 0.3) is 5.91 Å². The number of aromatic nitrogens is 5. The second-order valence-electron chi connectivity index (χ2n) is 5.84. The molecule has 1 fully saturated rings. The molecule has 114 valence electrons. The number of anilines is 1. The van der Waals surface area contributed by atoms with E-state index in [0.717, 1.165) is 37.4 Å². The van der Waals surface area contributed by atoms with Crippen LogP contribution in [0.1, 0.15) is 28.3 Å². The summed E-state index contributed by atoms with van der Waals surface area (Å²) in [6, 6.07) is 2.30. The van der Waals surface area contributed by atoms with Crippen molar-refractivity contribution in [2.24, 2.45) is 0 Å². The summed E-state index contributed by atoms with van der Waals surface area (Å²) in [6.07, 6.45) is 4.65. The van der Waals surface area contributed by atoms with E-state index >= 15 is 0 Å². The number of fused-ring (bicyclic) bond motifs is 1. The Morgan fingerprint density at radius 1 is 1.36 bits per heavy atom. The van der Waals surface area contributed by atoms with Crippen molar-refractivity contribution in [1.29, 1.82) is 0 Å². The molecular weight excluding hydrogens is 282 g/mol. The van der Waals surface area contributed by atoms with Crippen molar-refractivity contribution >= 4 is 11.7 Å². The Bertz CT molecular complexity index is 693. The van der Waals surface area contributed by atoms with Crippen LogP contribution in [0.2, 0.25) is 0 Å². The lowest BCUT2D eigenvalue weighted by molar-refractivity contribution is 0.0693. The Morgan fingerprint density at radius 2 is 2.23 bits per heavy atom. The van der Waals surface area contributed by atoms with Crippen molar-refractivity contribution in [3.05, 3.63) is 29.5 Å². The van der Waals surface area contributed by atoms with Gasteiger partial charge >= 0.3 is 0 Å². The topological polar surface area (TPSA) is 90.9 Å². The number of carbonyl (C=O) groups excluding carboxylic acids is 1. The van der Waals surface area contributed by atoms with Crippen molar-refractivity contribution < 1.29 is 4.79 Å². The minimum absolute atomic E-state index is 0.137. The Morgan fingerprint density at radius 3 is 3.00 bits per heavy atom. The standard InChI is InChI=1S/C14H17N7O/c1-20(14(22)13-15-8-16-19-13)10-6-21(7-10)12-5-9-3-2-4-11(9)17-18-12/h5,8,10H,2-4,6-7H2,1H3,(H,15,16,19). The van der Waals surface area contributed by atoms with E-state index in [-0.39, 0.29) is 17.8 Å². The molecule has 0 radical (unpaired) electrons. The molecule has 2 aromatic rings. The average Bonchev–Trinajstić information content (AvgIpc) is 3.15. The molecule has 0 bridgehead atoms. The fourth-order valence-electron chi connectivity index (χ4n) is 3.00. The molecule has 0 spiro atoms. The molecule has 1 aliphatic heterocycles. The molecule has 1 aliphatic carbocycles. The molecule has 8 heteroatoms. The predicted octanol–water partition coefficient (Wildman–Crippen LogP) is 0.0442. The maximum atomic E-state index is 12.2. The van der Waals surface area contributed by atoms with Gasteiger partial charge < -0.3 is 9.80 Å². The highest BCUT2D eigenvalue weighted by atomic mass is 16.2. The minimum atomic E-state index is -0.137. The molecule has 1 N–H and O–H groups in total. The van der Waals surface area contributed by atoms with Gasteiger partial charge in [0.15, 0.2) is 5.82 Å². The van der Waals surface area contributed by atoms with Crippen molar-refractivity contribution in [3.63, 3.8) is 0 Å². The zero-order valence-electron chi connectivity index (χ0n) is 12.4. The smallest absolute Gasteiger partial charge is 0.291 e. The third-order valence-electron chi connectivity index (χ3n) is 4.48. The number of aromatic amines is 1. The number of nitrogens with zero attached hydrogens (tertiary/aromatic N) is 6. The van der Waals surface area contributed by atoms with Crippen molar-refractivity contribution in [1.82, 2.24) is 30.3 Å². The number of rotatable bonds is 3. The first-order valence-corrected chi connectivity index (χ1v) is 7.45. The van der Waals surface area contributed by atoms with Crippen LogP contribution in [0.4, 0.5) is 5.82 Å². The van der Waals surface area contributed by atoms with E-state index in [9.17, 15) is 4.79 Å². The summed E-state index contributed by atoms with van der Waals surface area (Å²) in [7, 11) is 1.79. The predicted molar refractivity (Wildman–Crippen MR) is 78.5 cm³/mol. The molecule has 2 aliphatic rings. The lowest BCUT2D eigenvalue weighted by Gasteiger charge is -2.44. The number of aryl methyl sites for hydroxylation is 2. The van der Waals surface area contributed by atoms with Gasteiger partial charge in [0.1, 0.15) is 6.33 Å². The van der Waals surface area contributed by atoms with Crippen LogP contribution in [0.15, 0.2) is 12.4 Å². The molecule has 0 unspecified atom stereocenters. The van der Waals surface area contributed by atoms with Gasteiger partial charge in [0, 0.05) is 20.1 Å². The Kier molecular flexibility index (Phi) is 3.02. The summed E-state index contributed by atoms with van der Waals surface area (Å²) in [5, 5.41) is 14.9. The maximum absolute atomic E-state index is 12.2. The number of hydrogen-bond acceptors (Lipinski definition) is 6. The maximum Gasteiger partial charge on any atom is 0.291 e. The zero-order chi connectivity index (χ0) is 15.1. The van der Waals surface area contributed by atoms with Crippen LogP contribution >= 0.6 is 0 Å². The molecule has 2 aromatic heterocycles. The van der Waals surface area contributed by atoms with E-state index in [1.807, 2.05) is 0 Å². The Balaban J connectivity index is 1.40. The summed E-state index contributed by atoms with van der Waals surface area (Å²) in [5.41, 5.74) is 2.46. The number of likely N-dealkylation sites (N-methyl/N-ethyl adjacent to an activating group) is 1. The monoisotopic (exact) mass is 299 g/mol. The first-order chi connectivity index (χ1) is 10.7. The van der Waals surface area contributed by atoms with Crippen LogP contribution in [-0.2, 0) is 12.8 Å². The van der Waals surface area contributed by atoms with Crippen LogP contribution in [-0.4, -0.2) is 62.4 Å². The fourth-order valence-corrected chi connectivity index (χ4v) is 3.00. The average molecular weight is 299 g/mol. The van der Waals surface area contributed by atoms with Gasteiger partial charge in [-0.2, -0.15) is 10.2 Å². The normalized spacial score (nSPS) is 17.2. The van der Waals surface area contributed by atoms with Crippen molar-refractivity contribution in [3.8, 4) is 0 Å². The summed E-state index contributed by atoms with van der Waals surface area (Å²) >= 11 is 0. The van der Waals surface area contributed by atoms with E-state index in [1.165, 1.54) is 18.3 Å². The van der Waals surface area contributed by atoms with E-state index in [1.54, 1.807) is 11.9 Å². The van der Waals surface area contributed by atoms with E-state index < -0.39 is 0 Å². The van der Waals surface area contributed by atoms with E-state index in [0.29, 0.717) is 0 Å². The van der Waals surface area contributed by atoms with Crippen LogP contribution < -0.4 is 4.90 Å². The summed E-state index contributed by atoms with van der Waals surface area (Å²) in [5.74, 6) is 1.05. The van der Waals surface area contributed by atoms with Gasteiger partial charge in [0.2, 0.25) is 5.82 Å². The molecule has 4 rings (SSSR count). The molecule has 8 nitrogen and oxygen atoms in total. The van der Waals surface area contributed by atoms with Crippen LogP contribution in [0, 0.1) is 0 Å². The van der Waals surface area contributed by atoms with Gasteiger partial charge in [-0.05, 0) is 30.9 Å². The Hall–Kier alpha value is -2.51. The first kappa shape index (κ1) is 13.2. The molecule has 1 saturated heterocycles. The molecule has 0 atom stereocenters. The molecule has 1 amide bonds. The summed E-state index contributed by atoms with van der Waals surface area (Å²) in [6.45, 7) is 1.54. The van der Waals surface area contributed by atoms with Crippen LogP contribution in [0.5, 0.6) is 0 Å². The van der Waals surface area contributed by atoms with Gasteiger partial charge in [-0.1, -0.05) is 0 Å². The quantitative estimate of drug-likeness (QED) is 0.861. The lowest BCUT2D eigenvalue weighted by atomic mass is 10.1. The number of nitrogens with one attached hydrogen (secondary N) is 1. The van der Waals surface area contributed by atoms with Gasteiger partial charge in [-0.15, -0.1) is 5.10 Å². The highest BCUT2D eigenvalue weighted by molar-refractivity contribution is 5.90. The van der Waals surface area contributed by atoms with Crippen molar-refractivity contribution in [2.45, 2.75) is 25.3 Å². The molecule has 22 heavy (non-hydrogen) atoms. The highest BCUT2D eigenvalue weighted by Gasteiger charge is 2.34. The number of hydrogen-bond donors (Lipinski definition) is 1. The van der Waals surface area contributed by atoms with Gasteiger partial charge in [-0.25, -0.2) is 4.98 Å². The number of carbonyl (C=O) groups is 1. The lowest BCUT2D eigenvalue weighted by Crippen LogP contribution is -2.60. The highest BCUT2D eigenvalue weighted by Crippen LogP contribution is 2.26. The minimum Gasteiger partial charge on any atom is -0.351 e. The fraction of sp³-hybridized carbons (Fsp3) is 0.500.